The Kier molecular flexibility index (Phi) is 2.81. The van der Waals surface area contributed by atoms with Gasteiger partial charge in [-0.15, -0.1) is 0 Å². The Morgan fingerprint density at radius 1 is 1.61 bits per heavy atom. The van der Waals surface area contributed by atoms with Crippen LogP contribution in [-0.4, -0.2) is 34.1 Å². The summed E-state index contributed by atoms with van der Waals surface area (Å²) in [6, 6.07) is 4.28. The second-order valence-electron chi connectivity index (χ2n) is 3.85. The lowest BCUT2D eigenvalue weighted by Gasteiger charge is -2.37. The molecule has 0 radical (unpaired) electrons. The van der Waals surface area contributed by atoms with E-state index in [9.17, 15) is 14.9 Å². The Bertz CT molecular complexity index is 559. The molecule has 8 heteroatoms. The predicted molar refractivity (Wildman–Crippen MR) is 58.9 cm³/mol. The van der Waals surface area contributed by atoms with Crippen LogP contribution in [0.25, 0.3) is 0 Å². The molecule has 1 aromatic heterocycles. The zero-order valence-electron chi connectivity index (χ0n) is 9.11. The number of carbonyl (C=O) groups is 1. The van der Waals surface area contributed by atoms with Gasteiger partial charge in [-0.1, -0.05) is 0 Å². The van der Waals surface area contributed by atoms with Crippen LogP contribution in [0.4, 0.5) is 11.5 Å². The first kappa shape index (κ1) is 11.8. The van der Waals surface area contributed by atoms with Crippen molar-refractivity contribution in [2.75, 3.05) is 18.0 Å². The Morgan fingerprint density at radius 2 is 2.28 bits per heavy atom. The van der Waals surface area contributed by atoms with Crippen LogP contribution in [0, 0.1) is 27.4 Å². The second-order valence-corrected chi connectivity index (χ2v) is 3.85. The summed E-state index contributed by atoms with van der Waals surface area (Å²) >= 11 is 0. The third kappa shape index (κ3) is 1.93. The fourth-order valence-corrected chi connectivity index (χ4v) is 1.67. The van der Waals surface area contributed by atoms with Gasteiger partial charge in [-0.25, -0.2) is 4.98 Å². The van der Waals surface area contributed by atoms with E-state index in [1.54, 1.807) is 11.0 Å². The van der Waals surface area contributed by atoms with Gasteiger partial charge in [0.05, 0.1) is 10.8 Å². The first-order valence-electron chi connectivity index (χ1n) is 5.06. The number of nitriles is 1. The molecule has 8 nitrogen and oxygen atoms in total. The number of aliphatic carboxylic acids is 1. The molecule has 0 amide bonds. The van der Waals surface area contributed by atoms with Crippen LogP contribution in [0.15, 0.2) is 12.1 Å². The summed E-state index contributed by atoms with van der Waals surface area (Å²) in [4.78, 5) is 26.1. The first-order valence-corrected chi connectivity index (χ1v) is 5.06. The van der Waals surface area contributed by atoms with E-state index < -0.39 is 16.8 Å². The predicted octanol–water partition coefficient (Wildman–Crippen LogP) is 0.382. The van der Waals surface area contributed by atoms with Crippen molar-refractivity contribution in [1.29, 1.82) is 5.26 Å². The molecule has 0 spiro atoms. The molecule has 92 valence electrons. The van der Waals surface area contributed by atoms with E-state index in [1.807, 2.05) is 0 Å². The van der Waals surface area contributed by atoms with E-state index in [0.717, 1.165) is 0 Å². The van der Waals surface area contributed by atoms with Crippen LogP contribution < -0.4 is 4.90 Å². The summed E-state index contributed by atoms with van der Waals surface area (Å²) in [6.45, 7) is 0.593. The molecule has 2 rings (SSSR count). The number of pyridine rings is 1. The van der Waals surface area contributed by atoms with Gasteiger partial charge < -0.3 is 10.0 Å². The van der Waals surface area contributed by atoms with Crippen LogP contribution in [0.3, 0.4) is 0 Å². The minimum Gasteiger partial charge on any atom is -0.481 e. The highest BCUT2D eigenvalue weighted by Gasteiger charge is 2.34. The van der Waals surface area contributed by atoms with Crippen molar-refractivity contribution in [3.8, 4) is 6.07 Å². The van der Waals surface area contributed by atoms with Gasteiger partial charge in [-0.2, -0.15) is 5.26 Å². The molecular weight excluding hydrogens is 240 g/mol. The highest BCUT2D eigenvalue weighted by molar-refractivity contribution is 5.74. The third-order valence-corrected chi connectivity index (χ3v) is 2.72. The topological polar surface area (TPSA) is 120 Å². The molecule has 0 aromatic carbocycles. The highest BCUT2D eigenvalue weighted by Crippen LogP contribution is 2.26. The molecule has 0 aliphatic carbocycles. The molecule has 0 unspecified atom stereocenters. The van der Waals surface area contributed by atoms with Crippen LogP contribution in [0.5, 0.6) is 0 Å². The van der Waals surface area contributed by atoms with Crippen molar-refractivity contribution in [1.82, 2.24) is 4.98 Å². The largest absolute Gasteiger partial charge is 0.481 e. The molecular formula is C10H8N4O4. The van der Waals surface area contributed by atoms with E-state index in [2.05, 4.69) is 4.98 Å². The summed E-state index contributed by atoms with van der Waals surface area (Å²) < 4.78 is 0. The summed E-state index contributed by atoms with van der Waals surface area (Å²) in [5.74, 6) is -0.948. The smallest absolute Gasteiger partial charge is 0.310 e. The molecule has 2 heterocycles. The maximum atomic E-state index is 10.6. The number of aromatic nitrogens is 1. The summed E-state index contributed by atoms with van der Waals surface area (Å²) in [6.07, 6.45) is 0. The average Bonchev–Trinajstić information content (AvgIpc) is 2.25. The van der Waals surface area contributed by atoms with Crippen LogP contribution in [0.1, 0.15) is 5.69 Å². The van der Waals surface area contributed by atoms with Gasteiger partial charge in [0.1, 0.15) is 11.9 Å². The maximum absolute atomic E-state index is 10.6. The second kappa shape index (κ2) is 4.29. The Balaban J connectivity index is 2.20. The zero-order chi connectivity index (χ0) is 13.3. The summed E-state index contributed by atoms with van der Waals surface area (Å²) in [5.41, 5.74) is -0.618. The van der Waals surface area contributed by atoms with Gasteiger partial charge in [0, 0.05) is 19.2 Å². The minimum atomic E-state index is -0.881. The molecule has 1 aliphatic rings. The van der Waals surface area contributed by atoms with Crippen molar-refractivity contribution < 1.29 is 14.8 Å². The molecule has 0 bridgehead atoms. The van der Waals surface area contributed by atoms with Crippen LogP contribution in [-0.2, 0) is 4.79 Å². The van der Waals surface area contributed by atoms with E-state index in [4.69, 9.17) is 10.4 Å². The van der Waals surface area contributed by atoms with E-state index >= 15 is 0 Å². The number of hydrogen-bond donors (Lipinski definition) is 1. The van der Waals surface area contributed by atoms with Gasteiger partial charge >= 0.3 is 11.7 Å². The number of carboxylic acids is 1. The van der Waals surface area contributed by atoms with E-state index in [1.165, 1.54) is 12.1 Å². The number of hydrogen-bond acceptors (Lipinski definition) is 6. The lowest BCUT2D eigenvalue weighted by Crippen LogP contribution is -2.50. The molecule has 1 aliphatic heterocycles. The SMILES string of the molecule is N#Cc1nc(N2CC(C(=O)O)C2)ccc1[N+](=O)[O-]. The van der Waals surface area contributed by atoms with E-state index in [0.29, 0.717) is 18.9 Å². The number of rotatable bonds is 3. The van der Waals surface area contributed by atoms with Crippen molar-refractivity contribution in [3.63, 3.8) is 0 Å². The van der Waals surface area contributed by atoms with Crippen molar-refractivity contribution in [2.45, 2.75) is 0 Å². The van der Waals surface area contributed by atoms with E-state index in [-0.39, 0.29) is 11.4 Å². The molecule has 1 saturated heterocycles. The third-order valence-electron chi connectivity index (χ3n) is 2.72. The fraction of sp³-hybridized carbons (Fsp3) is 0.300. The summed E-state index contributed by atoms with van der Waals surface area (Å²) in [5, 5.41) is 28.1. The standard InChI is InChI=1S/C10H8N4O4/c11-3-7-8(14(17)18)1-2-9(12-7)13-4-6(5-13)10(15)16/h1-2,6H,4-5H2,(H,15,16). The van der Waals surface area contributed by atoms with Crippen molar-refractivity contribution in [3.05, 3.63) is 27.9 Å². The monoisotopic (exact) mass is 248 g/mol. The molecule has 1 fully saturated rings. The van der Waals surface area contributed by atoms with Crippen molar-refractivity contribution in [2.24, 2.45) is 5.92 Å². The Labute approximate surface area is 101 Å². The number of anilines is 1. The summed E-state index contributed by atoms with van der Waals surface area (Å²) in [7, 11) is 0. The van der Waals surface area contributed by atoms with Crippen molar-refractivity contribution >= 4 is 17.5 Å². The van der Waals surface area contributed by atoms with Gasteiger partial charge in [0.2, 0.25) is 5.69 Å². The Hall–Kier alpha value is -2.69. The number of carboxylic acid groups (broad SMARTS) is 1. The van der Waals surface area contributed by atoms with Crippen LogP contribution in [0.2, 0.25) is 0 Å². The molecule has 1 aromatic rings. The van der Waals surface area contributed by atoms with Gasteiger partial charge in [0.25, 0.3) is 0 Å². The molecule has 0 atom stereocenters. The number of nitro groups is 1. The quantitative estimate of drug-likeness (QED) is 0.606. The Morgan fingerprint density at radius 3 is 2.78 bits per heavy atom. The zero-order valence-corrected chi connectivity index (χ0v) is 9.11. The normalized spacial score (nSPS) is 14.7. The lowest BCUT2D eigenvalue weighted by molar-refractivity contribution is -0.385. The maximum Gasteiger partial charge on any atom is 0.310 e. The molecule has 18 heavy (non-hydrogen) atoms. The fourth-order valence-electron chi connectivity index (χ4n) is 1.67. The van der Waals surface area contributed by atoms with Crippen LogP contribution >= 0.6 is 0 Å². The van der Waals surface area contributed by atoms with Gasteiger partial charge in [-0.3, -0.25) is 14.9 Å². The van der Waals surface area contributed by atoms with Gasteiger partial charge in [0.15, 0.2) is 0 Å². The molecule has 0 saturated carbocycles. The van der Waals surface area contributed by atoms with Gasteiger partial charge in [-0.05, 0) is 6.07 Å². The first-order chi connectivity index (χ1) is 8.52. The average molecular weight is 248 g/mol. The minimum absolute atomic E-state index is 0.267. The highest BCUT2D eigenvalue weighted by atomic mass is 16.6. The molecule has 1 N–H and O–H groups in total. The lowest BCUT2D eigenvalue weighted by atomic mass is 10.0. The number of nitrogens with zero attached hydrogens (tertiary/aromatic N) is 4.